The predicted molar refractivity (Wildman–Crippen MR) is 150 cm³/mol. The number of hydrogen-bond acceptors (Lipinski definition) is 6. The fourth-order valence-corrected chi connectivity index (χ4v) is 4.68. The number of anilines is 1. The molecule has 0 N–H and O–H groups in total. The van der Waals surface area contributed by atoms with Crippen molar-refractivity contribution in [1.29, 1.82) is 0 Å². The van der Waals surface area contributed by atoms with Crippen LogP contribution in [0.4, 0.5) is 5.69 Å². The van der Waals surface area contributed by atoms with Gasteiger partial charge >= 0.3 is 0 Å². The Labute approximate surface area is 225 Å². The van der Waals surface area contributed by atoms with E-state index in [0.717, 1.165) is 69.7 Å². The van der Waals surface area contributed by atoms with Crippen LogP contribution in [0.15, 0.2) is 91.3 Å². The average Bonchev–Trinajstić information content (AvgIpc) is 3.52. The summed E-state index contributed by atoms with van der Waals surface area (Å²) in [4.78, 5) is 4.78. The molecule has 2 heterocycles. The van der Waals surface area contributed by atoms with Gasteiger partial charge in [0.2, 0.25) is 0 Å². The van der Waals surface area contributed by atoms with Crippen molar-refractivity contribution in [3.63, 3.8) is 0 Å². The van der Waals surface area contributed by atoms with Gasteiger partial charge in [0.15, 0.2) is 0 Å². The van der Waals surface area contributed by atoms with Crippen LogP contribution in [0.25, 0.3) is 5.69 Å². The number of morpholine rings is 1. The van der Waals surface area contributed by atoms with Gasteiger partial charge in [0.05, 0.1) is 39.2 Å². The molecule has 3 aromatic carbocycles. The number of hydrogen-bond donors (Lipinski definition) is 0. The van der Waals surface area contributed by atoms with Crippen molar-refractivity contribution in [2.45, 2.75) is 19.7 Å². The summed E-state index contributed by atoms with van der Waals surface area (Å²) in [7, 11) is 1.71. The molecule has 1 aliphatic heterocycles. The third-order valence-electron chi connectivity index (χ3n) is 6.79. The van der Waals surface area contributed by atoms with Gasteiger partial charge in [-0.2, -0.15) is 5.10 Å². The molecule has 0 unspecified atom stereocenters. The first kappa shape index (κ1) is 26.0. The zero-order chi connectivity index (χ0) is 26.0. The van der Waals surface area contributed by atoms with E-state index in [4.69, 9.17) is 14.2 Å². The van der Waals surface area contributed by atoms with Crippen LogP contribution >= 0.6 is 0 Å². The highest BCUT2D eigenvalue weighted by molar-refractivity contribution is 5.50. The quantitative estimate of drug-likeness (QED) is 0.251. The van der Waals surface area contributed by atoms with Gasteiger partial charge in [0.25, 0.3) is 0 Å². The smallest absolute Gasteiger partial charge is 0.119 e. The van der Waals surface area contributed by atoms with Crippen LogP contribution in [0.1, 0.15) is 16.7 Å². The fourth-order valence-electron chi connectivity index (χ4n) is 4.68. The van der Waals surface area contributed by atoms with E-state index in [1.165, 1.54) is 16.7 Å². The second-order valence-electron chi connectivity index (χ2n) is 9.50. The molecule has 1 fully saturated rings. The summed E-state index contributed by atoms with van der Waals surface area (Å²) < 4.78 is 18.7. The predicted octanol–water partition coefficient (Wildman–Crippen LogP) is 4.94. The molecule has 7 nitrogen and oxygen atoms in total. The van der Waals surface area contributed by atoms with Crippen molar-refractivity contribution >= 4 is 5.69 Å². The normalized spacial score (nSPS) is 13.9. The number of benzene rings is 3. The Bertz CT molecular complexity index is 1250. The van der Waals surface area contributed by atoms with Gasteiger partial charge in [-0.15, -0.1) is 0 Å². The zero-order valence-electron chi connectivity index (χ0n) is 22.0. The maximum Gasteiger partial charge on any atom is 0.119 e. The van der Waals surface area contributed by atoms with Gasteiger partial charge < -0.3 is 19.1 Å². The molecular weight excluding hydrogens is 476 g/mol. The first-order valence-electron chi connectivity index (χ1n) is 13.2. The molecule has 1 aromatic heterocycles. The van der Waals surface area contributed by atoms with E-state index in [2.05, 4.69) is 75.6 Å². The second kappa shape index (κ2) is 13.2. The van der Waals surface area contributed by atoms with E-state index < -0.39 is 0 Å². The number of ether oxygens (including phenoxy) is 3. The van der Waals surface area contributed by atoms with Gasteiger partial charge in [0, 0.05) is 50.8 Å². The molecule has 0 radical (unpaired) electrons. The van der Waals surface area contributed by atoms with Gasteiger partial charge in [-0.3, -0.25) is 4.90 Å². The van der Waals surface area contributed by atoms with Crippen LogP contribution in [-0.4, -0.2) is 61.2 Å². The lowest BCUT2D eigenvalue weighted by molar-refractivity contribution is 0.0180. The Balaban J connectivity index is 1.27. The molecule has 1 aliphatic rings. The minimum Gasteiger partial charge on any atom is -0.497 e. The second-order valence-corrected chi connectivity index (χ2v) is 9.50. The molecule has 198 valence electrons. The van der Waals surface area contributed by atoms with Crippen molar-refractivity contribution in [1.82, 2.24) is 14.7 Å². The lowest BCUT2D eigenvalue weighted by Crippen LogP contribution is -2.38. The summed E-state index contributed by atoms with van der Waals surface area (Å²) in [6.07, 6.45) is 3.77. The Morgan fingerprint density at radius 3 is 2.37 bits per heavy atom. The van der Waals surface area contributed by atoms with Crippen LogP contribution in [-0.2, 0) is 29.2 Å². The first-order valence-corrected chi connectivity index (χ1v) is 13.2. The summed E-state index contributed by atoms with van der Waals surface area (Å²) in [5, 5.41) is 4.39. The maximum absolute atomic E-state index is 5.97. The van der Waals surface area contributed by atoms with Crippen molar-refractivity contribution in [2.75, 3.05) is 51.5 Å². The molecule has 0 amide bonds. The SMILES string of the molecule is COc1cccc(CN(Cc2cccc(-n3cccn3)c2)c2ccc(COCCN3CCOCC3)cc2)c1. The van der Waals surface area contributed by atoms with E-state index in [-0.39, 0.29) is 0 Å². The summed E-state index contributed by atoms with van der Waals surface area (Å²) in [5.41, 5.74) is 5.81. The lowest BCUT2D eigenvalue weighted by atomic mass is 10.1. The molecule has 5 rings (SSSR count). The van der Waals surface area contributed by atoms with Crippen LogP contribution < -0.4 is 9.64 Å². The molecule has 0 atom stereocenters. The molecule has 1 saturated heterocycles. The van der Waals surface area contributed by atoms with Crippen molar-refractivity contribution in [3.8, 4) is 11.4 Å². The molecular formula is C31H36N4O3. The van der Waals surface area contributed by atoms with Crippen LogP contribution in [0, 0.1) is 0 Å². The van der Waals surface area contributed by atoms with E-state index in [1.54, 1.807) is 13.3 Å². The number of aromatic nitrogens is 2. The number of rotatable bonds is 12. The number of methoxy groups -OCH3 is 1. The van der Waals surface area contributed by atoms with Crippen LogP contribution in [0.3, 0.4) is 0 Å². The van der Waals surface area contributed by atoms with E-state index in [9.17, 15) is 0 Å². The first-order chi connectivity index (χ1) is 18.8. The molecule has 0 bridgehead atoms. The van der Waals surface area contributed by atoms with Crippen molar-refractivity contribution in [3.05, 3.63) is 108 Å². The molecule has 38 heavy (non-hydrogen) atoms. The van der Waals surface area contributed by atoms with Gasteiger partial charge in [-0.05, 0) is 59.2 Å². The Kier molecular flexibility index (Phi) is 9.05. The third kappa shape index (κ3) is 7.22. The summed E-state index contributed by atoms with van der Waals surface area (Å²) in [6.45, 7) is 7.46. The van der Waals surface area contributed by atoms with E-state index in [1.807, 2.05) is 29.1 Å². The topological polar surface area (TPSA) is 52.0 Å². The fraction of sp³-hybridized carbons (Fsp3) is 0.323. The highest BCUT2D eigenvalue weighted by Crippen LogP contribution is 2.24. The molecule has 4 aromatic rings. The van der Waals surface area contributed by atoms with E-state index in [0.29, 0.717) is 6.61 Å². The Morgan fingerprint density at radius 1 is 0.868 bits per heavy atom. The standard InChI is InChI=1S/C31H36N4O3/c1-36-31-8-3-6-28(22-31)24-34(23-27-5-2-7-30(21-27)35-14-4-13-32-35)29-11-9-26(10-12-29)25-38-20-17-33-15-18-37-19-16-33/h2-14,21-22H,15-20,23-25H2,1H3. The summed E-state index contributed by atoms with van der Waals surface area (Å²) in [6, 6.07) is 27.5. The maximum atomic E-state index is 5.97. The highest BCUT2D eigenvalue weighted by atomic mass is 16.5. The average molecular weight is 513 g/mol. The van der Waals surface area contributed by atoms with Crippen molar-refractivity contribution < 1.29 is 14.2 Å². The summed E-state index contributed by atoms with van der Waals surface area (Å²) in [5.74, 6) is 0.868. The molecule has 0 aliphatic carbocycles. The zero-order valence-corrected chi connectivity index (χ0v) is 22.0. The molecule has 0 spiro atoms. The lowest BCUT2D eigenvalue weighted by Gasteiger charge is -2.26. The monoisotopic (exact) mass is 512 g/mol. The van der Waals surface area contributed by atoms with Gasteiger partial charge in [-0.25, -0.2) is 4.68 Å². The van der Waals surface area contributed by atoms with Crippen molar-refractivity contribution in [2.24, 2.45) is 0 Å². The van der Waals surface area contributed by atoms with E-state index >= 15 is 0 Å². The minimum atomic E-state index is 0.617. The van der Waals surface area contributed by atoms with Crippen LogP contribution in [0.2, 0.25) is 0 Å². The van der Waals surface area contributed by atoms with Crippen LogP contribution in [0.5, 0.6) is 5.75 Å². The highest BCUT2D eigenvalue weighted by Gasteiger charge is 2.12. The Hall–Kier alpha value is -3.65. The Morgan fingerprint density at radius 2 is 1.63 bits per heavy atom. The summed E-state index contributed by atoms with van der Waals surface area (Å²) >= 11 is 0. The van der Waals surface area contributed by atoms with Gasteiger partial charge in [-0.1, -0.05) is 36.4 Å². The molecule has 0 saturated carbocycles. The molecule has 7 heteroatoms. The largest absolute Gasteiger partial charge is 0.497 e. The third-order valence-corrected chi connectivity index (χ3v) is 6.79. The number of nitrogens with zero attached hydrogens (tertiary/aromatic N) is 4. The minimum absolute atomic E-state index is 0.617. The van der Waals surface area contributed by atoms with Gasteiger partial charge in [0.1, 0.15) is 5.75 Å².